The molecule has 1 atom stereocenters. The Bertz CT molecular complexity index is 1170. The highest BCUT2D eigenvalue weighted by molar-refractivity contribution is 7.89. The number of halogens is 1. The Balaban J connectivity index is 1.53. The zero-order chi connectivity index (χ0) is 21.3. The summed E-state index contributed by atoms with van der Waals surface area (Å²) in [7, 11) is -3.84. The van der Waals surface area contributed by atoms with E-state index in [1.54, 1.807) is 13.0 Å². The van der Waals surface area contributed by atoms with Crippen LogP contribution in [0.25, 0.3) is 0 Å². The Morgan fingerprint density at radius 2 is 2.07 bits per heavy atom. The number of nitrogens with one attached hydrogen (secondary N) is 1. The minimum absolute atomic E-state index is 0.0613. The number of aromatic nitrogens is 2. The molecule has 7 nitrogen and oxygen atoms in total. The predicted molar refractivity (Wildman–Crippen MR) is 113 cm³/mol. The molecule has 0 unspecified atom stereocenters. The molecule has 3 aromatic rings. The van der Waals surface area contributed by atoms with Gasteiger partial charge >= 0.3 is 0 Å². The fraction of sp³-hybridized carbons (Fsp3) is 0.300. The smallest absolute Gasteiger partial charge is 0.243 e. The number of nitrogens with zero attached hydrogens (tertiary/aromatic N) is 3. The summed E-state index contributed by atoms with van der Waals surface area (Å²) >= 11 is 1.48. The Labute approximate surface area is 178 Å². The van der Waals surface area contributed by atoms with Crippen molar-refractivity contribution < 1.29 is 17.5 Å². The maximum atomic E-state index is 13.9. The SMILES string of the molecule is Cc1csc(Nc2cccc([C@H]3CN(S(=O)(=O)c4ccc(C)c(F)c4)CCO3)n2)n1. The van der Waals surface area contributed by atoms with Gasteiger partial charge in [0.1, 0.15) is 17.7 Å². The molecule has 1 aliphatic heterocycles. The van der Waals surface area contributed by atoms with Crippen LogP contribution in [0, 0.1) is 19.7 Å². The summed E-state index contributed by atoms with van der Waals surface area (Å²) in [6.45, 7) is 4.03. The third kappa shape index (κ3) is 4.36. The second-order valence-corrected chi connectivity index (χ2v) is 9.80. The van der Waals surface area contributed by atoms with Crippen molar-refractivity contribution in [2.75, 3.05) is 25.0 Å². The molecule has 0 amide bonds. The fourth-order valence-corrected chi connectivity index (χ4v) is 5.26. The zero-order valence-corrected chi connectivity index (χ0v) is 18.1. The molecule has 10 heteroatoms. The van der Waals surface area contributed by atoms with Crippen LogP contribution in [0.3, 0.4) is 0 Å². The van der Waals surface area contributed by atoms with Crippen LogP contribution in [0.4, 0.5) is 15.3 Å². The van der Waals surface area contributed by atoms with Gasteiger partial charge in [0.25, 0.3) is 0 Å². The van der Waals surface area contributed by atoms with Crippen molar-refractivity contribution in [3.63, 3.8) is 0 Å². The molecule has 1 fully saturated rings. The molecule has 0 aliphatic carbocycles. The largest absolute Gasteiger partial charge is 0.369 e. The van der Waals surface area contributed by atoms with Gasteiger partial charge in [-0.25, -0.2) is 22.8 Å². The third-order valence-electron chi connectivity index (χ3n) is 4.76. The summed E-state index contributed by atoms with van der Waals surface area (Å²) in [5.74, 6) is 0.0600. The maximum Gasteiger partial charge on any atom is 0.243 e. The van der Waals surface area contributed by atoms with Crippen LogP contribution in [0.1, 0.15) is 23.1 Å². The first kappa shape index (κ1) is 20.9. The van der Waals surface area contributed by atoms with Crippen molar-refractivity contribution in [2.45, 2.75) is 24.8 Å². The quantitative estimate of drug-likeness (QED) is 0.639. The molecule has 0 saturated carbocycles. The summed E-state index contributed by atoms with van der Waals surface area (Å²) < 4.78 is 47.0. The predicted octanol–water partition coefficient (Wildman–Crippen LogP) is 3.80. The normalized spacial score (nSPS) is 17.8. The highest BCUT2D eigenvalue weighted by Gasteiger charge is 2.32. The van der Waals surface area contributed by atoms with Gasteiger partial charge in [-0.1, -0.05) is 12.1 Å². The highest BCUT2D eigenvalue weighted by Crippen LogP contribution is 2.28. The molecule has 1 aromatic carbocycles. The number of rotatable bonds is 5. The number of ether oxygens (including phenoxy) is 1. The third-order valence-corrected chi connectivity index (χ3v) is 7.50. The van der Waals surface area contributed by atoms with E-state index in [1.807, 2.05) is 24.4 Å². The van der Waals surface area contributed by atoms with E-state index in [1.165, 1.54) is 27.8 Å². The van der Waals surface area contributed by atoms with Crippen molar-refractivity contribution in [3.8, 4) is 0 Å². The Hall–Kier alpha value is -2.40. The van der Waals surface area contributed by atoms with Gasteiger partial charge < -0.3 is 10.1 Å². The van der Waals surface area contributed by atoms with Crippen molar-refractivity contribution in [3.05, 3.63) is 64.5 Å². The average molecular weight is 449 g/mol. The monoisotopic (exact) mass is 448 g/mol. The molecule has 4 rings (SSSR count). The molecule has 158 valence electrons. The van der Waals surface area contributed by atoms with Crippen molar-refractivity contribution in [2.24, 2.45) is 0 Å². The first-order valence-corrected chi connectivity index (χ1v) is 11.7. The highest BCUT2D eigenvalue weighted by atomic mass is 32.2. The van der Waals surface area contributed by atoms with Gasteiger partial charge in [-0.05, 0) is 43.7 Å². The fourth-order valence-electron chi connectivity index (χ4n) is 3.13. The van der Waals surface area contributed by atoms with Crippen LogP contribution >= 0.6 is 11.3 Å². The molecule has 0 bridgehead atoms. The molecule has 1 saturated heterocycles. The van der Waals surface area contributed by atoms with Gasteiger partial charge in [0, 0.05) is 18.5 Å². The van der Waals surface area contributed by atoms with E-state index in [2.05, 4.69) is 15.3 Å². The standard InChI is InChI=1S/C20H21FN4O3S2/c1-13-6-7-15(10-16(13)21)30(26,27)25-8-9-28-18(11-25)17-4-3-5-19(23-17)24-20-22-14(2)12-29-20/h3-7,10,12,18H,8-9,11H2,1-2H3,(H,22,23,24)/t18-/m1/s1. The molecule has 0 spiro atoms. The summed E-state index contributed by atoms with van der Waals surface area (Å²) in [5, 5.41) is 5.82. The molecule has 1 N–H and O–H groups in total. The van der Waals surface area contributed by atoms with E-state index < -0.39 is 21.9 Å². The molecular formula is C20H21FN4O3S2. The Kier molecular flexibility index (Phi) is 5.83. The number of hydrogen-bond acceptors (Lipinski definition) is 7. The molecule has 2 aromatic heterocycles. The number of aryl methyl sites for hydroxylation is 2. The minimum Gasteiger partial charge on any atom is -0.369 e. The van der Waals surface area contributed by atoms with Crippen LogP contribution < -0.4 is 5.32 Å². The number of benzene rings is 1. The molecule has 0 radical (unpaired) electrons. The van der Waals surface area contributed by atoms with Crippen LogP contribution in [0.5, 0.6) is 0 Å². The van der Waals surface area contributed by atoms with Gasteiger partial charge in [-0.15, -0.1) is 11.3 Å². The number of anilines is 2. The van der Waals surface area contributed by atoms with E-state index in [0.717, 1.165) is 16.9 Å². The lowest BCUT2D eigenvalue weighted by atomic mass is 10.2. The Morgan fingerprint density at radius 1 is 1.23 bits per heavy atom. The van der Waals surface area contributed by atoms with E-state index in [-0.39, 0.29) is 24.6 Å². The molecular weight excluding hydrogens is 427 g/mol. The van der Waals surface area contributed by atoms with Crippen molar-refractivity contribution in [1.82, 2.24) is 14.3 Å². The van der Waals surface area contributed by atoms with Crippen LogP contribution in [0.2, 0.25) is 0 Å². The van der Waals surface area contributed by atoms with Gasteiger partial charge in [-0.2, -0.15) is 4.31 Å². The van der Waals surface area contributed by atoms with Crippen LogP contribution in [-0.2, 0) is 14.8 Å². The first-order valence-electron chi connectivity index (χ1n) is 9.37. The van der Waals surface area contributed by atoms with Gasteiger partial charge in [0.15, 0.2) is 5.13 Å². The number of thiazole rings is 1. The lowest BCUT2D eigenvalue weighted by Gasteiger charge is -2.32. The zero-order valence-electron chi connectivity index (χ0n) is 16.5. The lowest BCUT2D eigenvalue weighted by Crippen LogP contribution is -2.42. The molecule has 3 heterocycles. The Morgan fingerprint density at radius 3 is 2.80 bits per heavy atom. The molecule has 1 aliphatic rings. The van der Waals surface area contributed by atoms with Crippen LogP contribution in [-0.4, -0.2) is 42.4 Å². The summed E-state index contributed by atoms with van der Waals surface area (Å²) in [5.41, 5.74) is 1.93. The van der Waals surface area contributed by atoms with Crippen molar-refractivity contribution >= 4 is 32.3 Å². The van der Waals surface area contributed by atoms with Gasteiger partial charge in [-0.3, -0.25) is 0 Å². The topological polar surface area (TPSA) is 84.4 Å². The second-order valence-electron chi connectivity index (χ2n) is 7.00. The van der Waals surface area contributed by atoms with Gasteiger partial charge in [0.2, 0.25) is 10.0 Å². The summed E-state index contributed by atoms with van der Waals surface area (Å²) in [6.07, 6.45) is -0.524. The number of morpholine rings is 1. The minimum atomic E-state index is -3.84. The average Bonchev–Trinajstić information content (AvgIpc) is 3.15. The van der Waals surface area contributed by atoms with E-state index in [4.69, 9.17) is 4.74 Å². The van der Waals surface area contributed by atoms with E-state index >= 15 is 0 Å². The van der Waals surface area contributed by atoms with Crippen LogP contribution in [0.15, 0.2) is 46.7 Å². The first-order chi connectivity index (χ1) is 14.3. The number of sulfonamides is 1. The van der Waals surface area contributed by atoms with Crippen molar-refractivity contribution in [1.29, 1.82) is 0 Å². The molecule has 30 heavy (non-hydrogen) atoms. The lowest BCUT2D eigenvalue weighted by molar-refractivity contribution is -0.00486. The number of pyridine rings is 1. The second kappa shape index (κ2) is 8.38. The summed E-state index contributed by atoms with van der Waals surface area (Å²) in [6, 6.07) is 9.40. The number of hydrogen-bond donors (Lipinski definition) is 1. The summed E-state index contributed by atoms with van der Waals surface area (Å²) in [4.78, 5) is 8.86. The van der Waals surface area contributed by atoms with E-state index in [0.29, 0.717) is 17.1 Å². The van der Waals surface area contributed by atoms with Gasteiger partial charge in [0.05, 0.1) is 22.9 Å². The maximum absolute atomic E-state index is 13.9. The van der Waals surface area contributed by atoms with E-state index in [9.17, 15) is 12.8 Å².